The molecule has 0 radical (unpaired) electrons. The normalized spacial score (nSPS) is 12.1. The van der Waals surface area contributed by atoms with E-state index in [0.29, 0.717) is 16.8 Å². The number of amides is 1. The second kappa shape index (κ2) is 6.70. The van der Waals surface area contributed by atoms with E-state index in [0.717, 1.165) is 0 Å². The Balaban J connectivity index is 2.97. The molecule has 1 rings (SSSR count). The van der Waals surface area contributed by atoms with E-state index in [4.69, 9.17) is 4.74 Å². The van der Waals surface area contributed by atoms with Crippen molar-refractivity contribution in [2.45, 2.75) is 25.6 Å². The van der Waals surface area contributed by atoms with Gasteiger partial charge >= 0.3 is 5.97 Å². The van der Waals surface area contributed by atoms with Gasteiger partial charge in [0.2, 0.25) is 5.91 Å². The zero-order valence-corrected chi connectivity index (χ0v) is 13.1. The number of carbonyl (C=O) groups is 2. The lowest BCUT2D eigenvalue weighted by Gasteiger charge is -2.16. The molecule has 1 aromatic rings. The Morgan fingerprint density at radius 3 is 2.47 bits per heavy atom. The number of benzene rings is 1. The summed E-state index contributed by atoms with van der Waals surface area (Å²) in [6.07, 6.45) is 0. The summed E-state index contributed by atoms with van der Waals surface area (Å²) in [5, 5.41) is 2.82. The van der Waals surface area contributed by atoms with Gasteiger partial charge < -0.3 is 10.1 Å². The molecule has 19 heavy (non-hydrogen) atoms. The Morgan fingerprint density at radius 2 is 1.95 bits per heavy atom. The van der Waals surface area contributed by atoms with E-state index >= 15 is 0 Å². The first-order chi connectivity index (χ1) is 8.88. The van der Waals surface area contributed by atoms with Crippen LogP contribution in [0.25, 0.3) is 0 Å². The van der Waals surface area contributed by atoms with Crippen molar-refractivity contribution in [2.24, 2.45) is 5.92 Å². The summed E-state index contributed by atoms with van der Waals surface area (Å²) < 4.78 is 4.70. The molecule has 0 saturated heterocycles. The number of hydrogen-bond donors (Lipinski definition) is 1. The van der Waals surface area contributed by atoms with Crippen molar-refractivity contribution in [3.63, 3.8) is 0 Å². The maximum Gasteiger partial charge on any atom is 0.338 e. The Bertz CT molecular complexity index is 486. The van der Waals surface area contributed by atoms with Gasteiger partial charge in [-0.1, -0.05) is 35.8 Å². The summed E-state index contributed by atoms with van der Waals surface area (Å²) >= 11 is 3.35. The van der Waals surface area contributed by atoms with E-state index in [-0.39, 0.29) is 16.7 Å². The van der Waals surface area contributed by atoms with Crippen molar-refractivity contribution in [1.82, 2.24) is 0 Å². The molecular weight excluding hydrogens is 310 g/mol. The predicted molar refractivity (Wildman–Crippen MR) is 78.7 cm³/mol. The van der Waals surface area contributed by atoms with Gasteiger partial charge in [0.1, 0.15) is 0 Å². The van der Waals surface area contributed by atoms with Gasteiger partial charge in [0.15, 0.2) is 0 Å². The number of ether oxygens (including phenoxy) is 1. The molecule has 0 aliphatic carbocycles. The number of anilines is 1. The van der Waals surface area contributed by atoms with E-state index in [1.165, 1.54) is 7.11 Å². The number of alkyl halides is 1. The van der Waals surface area contributed by atoms with Crippen LogP contribution in [0.2, 0.25) is 0 Å². The second-order valence-electron chi connectivity index (χ2n) is 4.60. The molecule has 4 nitrogen and oxygen atoms in total. The van der Waals surface area contributed by atoms with E-state index in [1.54, 1.807) is 25.1 Å². The highest BCUT2D eigenvalue weighted by Crippen LogP contribution is 2.21. The van der Waals surface area contributed by atoms with Gasteiger partial charge in [-0.3, -0.25) is 4.79 Å². The maximum atomic E-state index is 12.0. The maximum absolute atomic E-state index is 12.0. The van der Waals surface area contributed by atoms with Crippen molar-refractivity contribution in [2.75, 3.05) is 12.4 Å². The molecule has 1 aromatic carbocycles. The summed E-state index contributed by atoms with van der Waals surface area (Å²) in [5.41, 5.74) is 1.78. The van der Waals surface area contributed by atoms with E-state index < -0.39 is 5.97 Å². The molecule has 0 fully saturated rings. The molecule has 0 aliphatic rings. The summed E-state index contributed by atoms with van der Waals surface area (Å²) in [7, 11) is 1.33. The smallest absolute Gasteiger partial charge is 0.338 e. The topological polar surface area (TPSA) is 55.4 Å². The fourth-order valence-electron chi connectivity index (χ4n) is 1.61. The molecule has 0 heterocycles. The molecule has 104 valence electrons. The van der Waals surface area contributed by atoms with Crippen LogP contribution in [-0.2, 0) is 9.53 Å². The molecule has 0 saturated carbocycles. The molecule has 0 aliphatic heterocycles. The predicted octanol–water partition coefficient (Wildman–Crippen LogP) is 3.14. The highest BCUT2D eigenvalue weighted by atomic mass is 79.9. The minimum Gasteiger partial charge on any atom is -0.465 e. The van der Waals surface area contributed by atoms with E-state index in [9.17, 15) is 9.59 Å². The van der Waals surface area contributed by atoms with Crippen LogP contribution >= 0.6 is 15.9 Å². The minimum atomic E-state index is -0.409. The highest BCUT2D eigenvalue weighted by molar-refractivity contribution is 9.10. The molecule has 0 spiro atoms. The number of rotatable bonds is 4. The van der Waals surface area contributed by atoms with Gasteiger partial charge in [0, 0.05) is 5.69 Å². The standard InChI is InChI=1S/C14H18BrNO3/c1-8(2)12(15)13(17)16-11-7-5-6-10(9(11)3)14(18)19-4/h5-8,12H,1-4H3,(H,16,17). The molecule has 1 amide bonds. The fourth-order valence-corrected chi connectivity index (χ4v) is 1.72. The first-order valence-corrected chi connectivity index (χ1v) is 6.93. The molecule has 5 heteroatoms. The number of halogens is 1. The number of nitrogens with one attached hydrogen (secondary N) is 1. The van der Waals surface area contributed by atoms with Crippen molar-refractivity contribution in [3.05, 3.63) is 29.3 Å². The van der Waals surface area contributed by atoms with Crippen molar-refractivity contribution >= 4 is 33.5 Å². The van der Waals surface area contributed by atoms with Gasteiger partial charge in [-0.2, -0.15) is 0 Å². The second-order valence-corrected chi connectivity index (χ2v) is 5.59. The van der Waals surface area contributed by atoms with Gasteiger partial charge in [0.05, 0.1) is 17.5 Å². The third-order valence-corrected chi connectivity index (χ3v) is 4.31. The van der Waals surface area contributed by atoms with Crippen LogP contribution in [0.3, 0.4) is 0 Å². The number of esters is 1. The fraction of sp³-hybridized carbons (Fsp3) is 0.429. The third-order valence-electron chi connectivity index (χ3n) is 2.83. The Morgan fingerprint density at radius 1 is 1.32 bits per heavy atom. The van der Waals surface area contributed by atoms with Crippen LogP contribution in [0.5, 0.6) is 0 Å². The summed E-state index contributed by atoms with van der Waals surface area (Å²) in [6, 6.07) is 5.15. The van der Waals surface area contributed by atoms with Gasteiger partial charge in [-0.05, 0) is 30.5 Å². The molecule has 1 unspecified atom stereocenters. The molecule has 1 atom stereocenters. The quantitative estimate of drug-likeness (QED) is 0.682. The van der Waals surface area contributed by atoms with Crippen molar-refractivity contribution in [3.8, 4) is 0 Å². The largest absolute Gasteiger partial charge is 0.465 e. The van der Waals surface area contributed by atoms with E-state index in [2.05, 4.69) is 21.2 Å². The number of hydrogen-bond acceptors (Lipinski definition) is 3. The van der Waals surface area contributed by atoms with Crippen LogP contribution in [0.1, 0.15) is 29.8 Å². The highest BCUT2D eigenvalue weighted by Gasteiger charge is 2.20. The van der Waals surface area contributed by atoms with Gasteiger partial charge in [-0.25, -0.2) is 4.79 Å². The zero-order valence-electron chi connectivity index (χ0n) is 11.5. The summed E-state index contributed by atoms with van der Waals surface area (Å²) in [4.78, 5) is 23.3. The monoisotopic (exact) mass is 327 g/mol. The molecule has 0 aromatic heterocycles. The minimum absolute atomic E-state index is 0.125. The van der Waals surface area contributed by atoms with Crippen molar-refractivity contribution < 1.29 is 14.3 Å². The molecule has 1 N–H and O–H groups in total. The first-order valence-electron chi connectivity index (χ1n) is 6.01. The lowest BCUT2D eigenvalue weighted by molar-refractivity contribution is -0.116. The average molecular weight is 328 g/mol. The van der Waals surface area contributed by atoms with E-state index in [1.807, 2.05) is 13.8 Å². The van der Waals surface area contributed by atoms with Crippen LogP contribution in [0, 0.1) is 12.8 Å². The van der Waals surface area contributed by atoms with Crippen molar-refractivity contribution in [1.29, 1.82) is 0 Å². The number of methoxy groups -OCH3 is 1. The Hall–Kier alpha value is -1.36. The Kier molecular flexibility index (Phi) is 5.54. The lowest BCUT2D eigenvalue weighted by atomic mass is 10.1. The van der Waals surface area contributed by atoms with Crippen LogP contribution in [0.4, 0.5) is 5.69 Å². The number of carbonyl (C=O) groups excluding carboxylic acids is 2. The van der Waals surface area contributed by atoms with Gasteiger partial charge in [0.25, 0.3) is 0 Å². The lowest BCUT2D eigenvalue weighted by Crippen LogP contribution is -2.27. The molecule has 0 bridgehead atoms. The van der Waals surface area contributed by atoms with Crippen LogP contribution in [-0.4, -0.2) is 23.8 Å². The summed E-state index contributed by atoms with van der Waals surface area (Å²) in [5.74, 6) is -0.350. The average Bonchev–Trinajstić information content (AvgIpc) is 2.39. The SMILES string of the molecule is COC(=O)c1cccc(NC(=O)C(Br)C(C)C)c1C. The van der Waals surface area contributed by atoms with Gasteiger partial charge in [-0.15, -0.1) is 0 Å². The van der Waals surface area contributed by atoms with Crippen LogP contribution < -0.4 is 5.32 Å². The Labute approximate surface area is 121 Å². The third kappa shape index (κ3) is 3.80. The zero-order chi connectivity index (χ0) is 14.6. The molecular formula is C14H18BrNO3. The first kappa shape index (κ1) is 15.7. The van der Waals surface area contributed by atoms with Crippen LogP contribution in [0.15, 0.2) is 18.2 Å². The summed E-state index contributed by atoms with van der Waals surface area (Å²) in [6.45, 7) is 5.69.